The maximum atomic E-state index is 12.0. The van der Waals surface area contributed by atoms with E-state index < -0.39 is 16.8 Å². The second-order valence-corrected chi connectivity index (χ2v) is 4.04. The third-order valence-corrected chi connectivity index (χ3v) is 2.69. The third kappa shape index (κ3) is 2.86. The maximum Gasteiger partial charge on any atom is 0.338 e. The lowest BCUT2D eigenvalue weighted by Gasteiger charge is -2.07. The number of benzene rings is 1. The fourth-order valence-electron chi connectivity index (χ4n) is 1.64. The van der Waals surface area contributed by atoms with Gasteiger partial charge < -0.3 is 14.9 Å². The molecule has 0 spiro atoms. The summed E-state index contributed by atoms with van der Waals surface area (Å²) in [5.41, 5.74) is -0.679. The van der Waals surface area contributed by atoms with E-state index >= 15 is 0 Å². The number of anilines is 1. The fourth-order valence-corrected chi connectivity index (χ4v) is 1.64. The SMILES string of the molecule is Cc1oncc1C(=O)Nc1ccc([N+](=O)[O-])cc1C(=O)O. The number of carbonyl (C=O) groups excluding carboxylic acids is 1. The zero-order valence-corrected chi connectivity index (χ0v) is 10.7. The van der Waals surface area contributed by atoms with Crippen LogP contribution in [0, 0.1) is 17.0 Å². The van der Waals surface area contributed by atoms with Crippen LogP contribution in [0.25, 0.3) is 0 Å². The van der Waals surface area contributed by atoms with Gasteiger partial charge in [0.2, 0.25) is 0 Å². The molecule has 0 bridgehead atoms. The van der Waals surface area contributed by atoms with Gasteiger partial charge in [-0.1, -0.05) is 5.16 Å². The van der Waals surface area contributed by atoms with Crippen LogP contribution in [0.2, 0.25) is 0 Å². The molecule has 108 valence electrons. The number of aromatic nitrogens is 1. The largest absolute Gasteiger partial charge is 0.478 e. The molecule has 21 heavy (non-hydrogen) atoms. The quantitative estimate of drug-likeness (QED) is 0.647. The summed E-state index contributed by atoms with van der Waals surface area (Å²) in [6, 6.07) is 3.13. The molecule has 2 aromatic rings. The number of nitro benzene ring substituents is 1. The summed E-state index contributed by atoms with van der Waals surface area (Å²) in [4.78, 5) is 33.0. The number of carboxylic acids is 1. The van der Waals surface area contributed by atoms with Crippen LogP contribution in [0.3, 0.4) is 0 Å². The smallest absolute Gasteiger partial charge is 0.338 e. The van der Waals surface area contributed by atoms with Crippen LogP contribution in [-0.2, 0) is 0 Å². The van der Waals surface area contributed by atoms with E-state index in [4.69, 9.17) is 9.63 Å². The van der Waals surface area contributed by atoms with Crippen molar-refractivity contribution >= 4 is 23.3 Å². The number of amides is 1. The number of hydrogen-bond donors (Lipinski definition) is 2. The second-order valence-electron chi connectivity index (χ2n) is 4.04. The van der Waals surface area contributed by atoms with E-state index in [1.165, 1.54) is 13.1 Å². The number of rotatable bonds is 4. The molecule has 1 aromatic carbocycles. The van der Waals surface area contributed by atoms with Gasteiger partial charge >= 0.3 is 5.97 Å². The van der Waals surface area contributed by atoms with E-state index in [0.29, 0.717) is 0 Å². The normalized spacial score (nSPS) is 10.1. The highest BCUT2D eigenvalue weighted by molar-refractivity contribution is 6.08. The van der Waals surface area contributed by atoms with Gasteiger partial charge in [0.05, 0.1) is 22.4 Å². The van der Waals surface area contributed by atoms with Crippen LogP contribution in [0.15, 0.2) is 28.9 Å². The molecule has 2 N–H and O–H groups in total. The Hall–Kier alpha value is -3.23. The Morgan fingerprint density at radius 1 is 1.38 bits per heavy atom. The average Bonchev–Trinajstić information content (AvgIpc) is 2.85. The van der Waals surface area contributed by atoms with E-state index in [2.05, 4.69) is 10.5 Å². The molecule has 0 saturated heterocycles. The predicted molar refractivity (Wildman–Crippen MR) is 69.2 cm³/mol. The molecule has 1 amide bonds. The Morgan fingerprint density at radius 3 is 2.62 bits per heavy atom. The Bertz CT molecular complexity index is 736. The van der Waals surface area contributed by atoms with Gasteiger partial charge in [-0.15, -0.1) is 0 Å². The number of aryl methyl sites for hydroxylation is 1. The van der Waals surface area contributed by atoms with Gasteiger partial charge in [0.15, 0.2) is 0 Å². The van der Waals surface area contributed by atoms with Crippen LogP contribution in [0.4, 0.5) is 11.4 Å². The fraction of sp³-hybridized carbons (Fsp3) is 0.0833. The first kappa shape index (κ1) is 14.2. The number of carboxylic acid groups (broad SMARTS) is 1. The van der Waals surface area contributed by atoms with Crippen LogP contribution < -0.4 is 5.32 Å². The van der Waals surface area contributed by atoms with Crippen LogP contribution >= 0.6 is 0 Å². The number of hydrogen-bond acceptors (Lipinski definition) is 6. The van der Waals surface area contributed by atoms with Crippen molar-refractivity contribution in [3.63, 3.8) is 0 Å². The van der Waals surface area contributed by atoms with Gasteiger partial charge in [-0.2, -0.15) is 0 Å². The standard InChI is InChI=1S/C12H9N3O6/c1-6-9(5-13-21-6)11(16)14-10-3-2-7(15(19)20)4-8(10)12(17)18/h2-5H,1H3,(H,14,16)(H,17,18). The lowest BCUT2D eigenvalue weighted by Crippen LogP contribution is -2.15. The molecule has 0 atom stereocenters. The van der Waals surface area contributed by atoms with Crippen molar-refractivity contribution in [1.82, 2.24) is 5.16 Å². The van der Waals surface area contributed by atoms with Crippen molar-refractivity contribution in [2.75, 3.05) is 5.32 Å². The number of nitro groups is 1. The molecule has 0 fully saturated rings. The van der Waals surface area contributed by atoms with Crippen molar-refractivity contribution < 1.29 is 24.1 Å². The van der Waals surface area contributed by atoms with Crippen molar-refractivity contribution in [2.24, 2.45) is 0 Å². The first-order valence-corrected chi connectivity index (χ1v) is 5.64. The van der Waals surface area contributed by atoms with Gasteiger partial charge in [0, 0.05) is 12.1 Å². The number of nitrogens with zero attached hydrogens (tertiary/aromatic N) is 2. The second kappa shape index (κ2) is 5.41. The number of aromatic carboxylic acids is 1. The van der Waals surface area contributed by atoms with Gasteiger partial charge in [-0.3, -0.25) is 14.9 Å². The van der Waals surface area contributed by atoms with Crippen LogP contribution in [-0.4, -0.2) is 27.1 Å². The number of carbonyl (C=O) groups is 2. The predicted octanol–water partition coefficient (Wildman–Crippen LogP) is 1.84. The first-order chi connectivity index (χ1) is 9.90. The van der Waals surface area contributed by atoms with E-state index in [1.54, 1.807) is 0 Å². The topological polar surface area (TPSA) is 136 Å². The molecule has 9 heteroatoms. The number of non-ortho nitro benzene ring substituents is 1. The zero-order valence-electron chi connectivity index (χ0n) is 10.7. The molecule has 2 rings (SSSR count). The van der Waals surface area contributed by atoms with Crippen molar-refractivity contribution in [3.05, 3.63) is 51.4 Å². The average molecular weight is 291 g/mol. The molecule has 0 aliphatic heterocycles. The minimum Gasteiger partial charge on any atom is -0.478 e. The molecular weight excluding hydrogens is 282 g/mol. The van der Waals surface area contributed by atoms with Crippen molar-refractivity contribution in [2.45, 2.75) is 6.92 Å². The lowest BCUT2D eigenvalue weighted by molar-refractivity contribution is -0.384. The zero-order chi connectivity index (χ0) is 15.6. The Labute approximate surface area is 117 Å². The molecule has 0 saturated carbocycles. The summed E-state index contributed by atoms with van der Waals surface area (Å²) in [5.74, 6) is -1.74. The van der Waals surface area contributed by atoms with E-state index in [1.807, 2.05) is 0 Å². The summed E-state index contributed by atoms with van der Waals surface area (Å²) in [6.45, 7) is 1.52. The van der Waals surface area contributed by atoms with Crippen LogP contribution in [0.5, 0.6) is 0 Å². The first-order valence-electron chi connectivity index (χ1n) is 5.64. The highest BCUT2D eigenvalue weighted by atomic mass is 16.6. The van der Waals surface area contributed by atoms with Crippen molar-refractivity contribution in [1.29, 1.82) is 0 Å². The number of nitrogens with one attached hydrogen (secondary N) is 1. The highest BCUT2D eigenvalue weighted by Gasteiger charge is 2.19. The lowest BCUT2D eigenvalue weighted by atomic mass is 10.1. The molecule has 1 aromatic heterocycles. The summed E-state index contributed by atoms with van der Waals surface area (Å²) in [6.07, 6.45) is 1.19. The van der Waals surface area contributed by atoms with Crippen molar-refractivity contribution in [3.8, 4) is 0 Å². The Balaban J connectivity index is 2.36. The van der Waals surface area contributed by atoms with Crippen LogP contribution in [0.1, 0.15) is 26.5 Å². The van der Waals surface area contributed by atoms with E-state index in [9.17, 15) is 19.7 Å². The maximum absolute atomic E-state index is 12.0. The Kier molecular flexibility index (Phi) is 3.65. The summed E-state index contributed by atoms with van der Waals surface area (Å²) in [7, 11) is 0. The van der Waals surface area contributed by atoms with Gasteiger partial charge in [-0.25, -0.2) is 4.79 Å². The summed E-state index contributed by atoms with van der Waals surface area (Å²) >= 11 is 0. The molecule has 0 aliphatic carbocycles. The van der Waals surface area contributed by atoms with Gasteiger partial charge in [-0.05, 0) is 13.0 Å². The van der Waals surface area contributed by atoms with E-state index in [0.717, 1.165) is 18.2 Å². The monoisotopic (exact) mass is 291 g/mol. The van der Waals surface area contributed by atoms with E-state index in [-0.39, 0.29) is 28.3 Å². The molecule has 0 radical (unpaired) electrons. The van der Waals surface area contributed by atoms with Gasteiger partial charge in [0.25, 0.3) is 11.6 Å². The molecule has 9 nitrogen and oxygen atoms in total. The Morgan fingerprint density at radius 2 is 2.10 bits per heavy atom. The third-order valence-electron chi connectivity index (χ3n) is 2.69. The minimum absolute atomic E-state index is 0.0568. The summed E-state index contributed by atoms with van der Waals surface area (Å²) < 4.78 is 4.74. The molecule has 0 unspecified atom stereocenters. The molecule has 1 heterocycles. The molecule has 0 aliphatic rings. The van der Waals surface area contributed by atoms with Gasteiger partial charge in [0.1, 0.15) is 11.3 Å². The molecular formula is C12H9N3O6. The highest BCUT2D eigenvalue weighted by Crippen LogP contribution is 2.23. The summed E-state index contributed by atoms with van der Waals surface area (Å²) in [5, 5.41) is 25.5. The minimum atomic E-state index is -1.39.